The highest BCUT2D eigenvalue weighted by Crippen LogP contribution is 2.38. The van der Waals surface area contributed by atoms with Gasteiger partial charge in [-0.1, -0.05) is 137 Å². The van der Waals surface area contributed by atoms with E-state index in [0.717, 1.165) is 4.47 Å². The van der Waals surface area contributed by atoms with Crippen LogP contribution in [0.4, 0.5) is 0 Å². The summed E-state index contributed by atoms with van der Waals surface area (Å²) < 4.78 is 1.05. The normalized spacial score (nSPS) is 10.9. The second-order valence-corrected chi connectivity index (χ2v) is 11.7. The lowest BCUT2D eigenvalue weighted by molar-refractivity contribution is 1.53. The van der Waals surface area contributed by atoms with E-state index in [1.807, 2.05) is 0 Å². The summed E-state index contributed by atoms with van der Waals surface area (Å²) >= 11 is 3.86. The van der Waals surface area contributed by atoms with Gasteiger partial charge in [-0.25, -0.2) is 0 Å². The topological polar surface area (TPSA) is 0 Å². The van der Waals surface area contributed by atoms with Gasteiger partial charge in [0, 0.05) is 4.47 Å². The molecule has 0 saturated heterocycles. The van der Waals surface area contributed by atoms with Crippen molar-refractivity contribution in [2.24, 2.45) is 0 Å². The Morgan fingerprint density at radius 2 is 0.395 bits per heavy atom. The highest BCUT2D eigenvalue weighted by Gasteiger charge is 2.12. The molecule has 0 radical (unpaired) electrons. The third-order valence-corrected chi connectivity index (χ3v) is 8.32. The molecule has 0 atom stereocenters. The average Bonchev–Trinajstić information content (AvgIpc) is 3.09. The molecule has 0 bridgehead atoms. The lowest BCUT2D eigenvalue weighted by Crippen LogP contribution is -1.89. The summed E-state index contributed by atoms with van der Waals surface area (Å²) in [5.74, 6) is 0. The predicted octanol–water partition coefficient (Wildman–Crippen LogP) is 12.5. The van der Waals surface area contributed by atoms with E-state index in [1.165, 1.54) is 66.8 Å². The summed E-state index contributed by atoms with van der Waals surface area (Å²) in [7, 11) is 0. The second-order valence-electron chi connectivity index (χ2n) is 10.8. The van der Waals surface area contributed by atoms with Gasteiger partial charge in [-0.2, -0.15) is 0 Å². The van der Waals surface area contributed by atoms with Gasteiger partial charge in [0.05, 0.1) is 0 Å². The number of hydrogen-bond donors (Lipinski definition) is 0. The van der Waals surface area contributed by atoms with E-state index in [2.05, 4.69) is 192 Å². The Kier molecular flexibility index (Phi) is 7.56. The molecule has 7 aromatic rings. The molecule has 0 aliphatic rings. The molecule has 0 nitrogen and oxygen atoms in total. The zero-order chi connectivity index (χ0) is 29.0. The minimum absolute atomic E-state index is 1.05. The van der Waals surface area contributed by atoms with Gasteiger partial charge in [0.1, 0.15) is 0 Å². The van der Waals surface area contributed by atoms with Crippen LogP contribution < -0.4 is 0 Å². The summed E-state index contributed by atoms with van der Waals surface area (Å²) in [4.78, 5) is 0. The molecular formula is C42H29Br. The monoisotopic (exact) mass is 612 g/mol. The minimum atomic E-state index is 1.05. The average molecular weight is 614 g/mol. The van der Waals surface area contributed by atoms with Crippen LogP contribution in [-0.4, -0.2) is 0 Å². The lowest BCUT2D eigenvalue weighted by atomic mass is 9.90. The fourth-order valence-electron chi connectivity index (χ4n) is 5.70. The maximum atomic E-state index is 3.86. The van der Waals surface area contributed by atoms with Crippen LogP contribution in [0.3, 0.4) is 0 Å². The molecule has 0 spiro atoms. The molecule has 0 heterocycles. The Morgan fingerprint density at radius 1 is 0.209 bits per heavy atom. The Hall–Kier alpha value is -4.98. The third-order valence-electron chi connectivity index (χ3n) is 7.86. The number of benzene rings is 7. The first kappa shape index (κ1) is 26.9. The molecule has 0 saturated carbocycles. The second kappa shape index (κ2) is 12.1. The Labute approximate surface area is 262 Å². The molecule has 43 heavy (non-hydrogen) atoms. The van der Waals surface area contributed by atoms with E-state index < -0.39 is 0 Å². The quantitative estimate of drug-likeness (QED) is 0.175. The van der Waals surface area contributed by atoms with Crippen molar-refractivity contribution in [3.05, 3.63) is 180 Å². The van der Waals surface area contributed by atoms with Crippen molar-refractivity contribution in [3.8, 4) is 66.8 Å². The molecule has 204 valence electrons. The Balaban J connectivity index is 1.40. The number of halogens is 1. The lowest BCUT2D eigenvalue weighted by Gasteiger charge is -2.15. The molecule has 0 aromatic heterocycles. The molecule has 7 rings (SSSR count). The van der Waals surface area contributed by atoms with Crippen molar-refractivity contribution < 1.29 is 0 Å². The SMILES string of the molecule is Brc1cc(-c2cc(-c3ccccc3)cc(-c3ccccc3)c2)cc(-c2cc(-c3ccccc3)cc(-c3ccccc3)c2)c1. The van der Waals surface area contributed by atoms with Crippen molar-refractivity contribution >= 4 is 15.9 Å². The van der Waals surface area contributed by atoms with E-state index in [4.69, 9.17) is 0 Å². The summed E-state index contributed by atoms with van der Waals surface area (Å²) in [5.41, 5.74) is 14.4. The summed E-state index contributed by atoms with van der Waals surface area (Å²) in [6.07, 6.45) is 0. The van der Waals surface area contributed by atoms with E-state index >= 15 is 0 Å². The van der Waals surface area contributed by atoms with Crippen LogP contribution in [0.25, 0.3) is 66.8 Å². The molecule has 0 amide bonds. The largest absolute Gasteiger partial charge is 0.0622 e. The fourth-order valence-corrected chi connectivity index (χ4v) is 6.19. The minimum Gasteiger partial charge on any atom is -0.0622 e. The smallest absolute Gasteiger partial charge is 0.0187 e. The standard InChI is InChI=1S/C42H29Br/c43-42-28-40(38-23-34(30-13-5-1-6-14-30)21-35(24-38)31-15-7-2-8-16-31)27-41(29-42)39-25-36(32-17-9-3-10-18-32)22-37(26-39)33-19-11-4-12-20-33/h1-29H. The van der Waals surface area contributed by atoms with Gasteiger partial charge in [-0.3, -0.25) is 0 Å². The van der Waals surface area contributed by atoms with Crippen molar-refractivity contribution in [1.82, 2.24) is 0 Å². The van der Waals surface area contributed by atoms with E-state index in [1.54, 1.807) is 0 Å². The van der Waals surface area contributed by atoms with Crippen LogP contribution in [0.1, 0.15) is 0 Å². The van der Waals surface area contributed by atoms with Crippen LogP contribution >= 0.6 is 15.9 Å². The van der Waals surface area contributed by atoms with Crippen molar-refractivity contribution in [1.29, 1.82) is 0 Å². The molecule has 0 fully saturated rings. The van der Waals surface area contributed by atoms with Gasteiger partial charge in [0.25, 0.3) is 0 Å². The van der Waals surface area contributed by atoms with Gasteiger partial charge in [0.15, 0.2) is 0 Å². The molecule has 0 unspecified atom stereocenters. The van der Waals surface area contributed by atoms with E-state index in [0.29, 0.717) is 0 Å². The first-order valence-corrected chi connectivity index (χ1v) is 15.3. The maximum Gasteiger partial charge on any atom is 0.0187 e. The van der Waals surface area contributed by atoms with Crippen LogP contribution in [0.2, 0.25) is 0 Å². The maximum absolute atomic E-state index is 3.86. The summed E-state index contributed by atoms with van der Waals surface area (Å²) in [5, 5.41) is 0. The molecule has 7 aromatic carbocycles. The molecule has 0 aliphatic carbocycles. The van der Waals surface area contributed by atoms with Gasteiger partial charge >= 0.3 is 0 Å². The first-order valence-electron chi connectivity index (χ1n) is 14.5. The zero-order valence-corrected chi connectivity index (χ0v) is 25.2. The Morgan fingerprint density at radius 3 is 0.628 bits per heavy atom. The predicted molar refractivity (Wildman–Crippen MR) is 187 cm³/mol. The van der Waals surface area contributed by atoms with Crippen molar-refractivity contribution in [2.75, 3.05) is 0 Å². The van der Waals surface area contributed by atoms with E-state index in [9.17, 15) is 0 Å². The van der Waals surface area contributed by atoms with Crippen LogP contribution in [0.15, 0.2) is 180 Å². The fraction of sp³-hybridized carbons (Fsp3) is 0. The number of rotatable bonds is 6. The molecule has 0 aliphatic heterocycles. The third kappa shape index (κ3) is 6.00. The van der Waals surface area contributed by atoms with Crippen LogP contribution in [0.5, 0.6) is 0 Å². The highest BCUT2D eigenvalue weighted by molar-refractivity contribution is 9.10. The highest BCUT2D eigenvalue weighted by atomic mass is 79.9. The van der Waals surface area contributed by atoms with Gasteiger partial charge in [-0.15, -0.1) is 0 Å². The summed E-state index contributed by atoms with van der Waals surface area (Å²) in [6.45, 7) is 0. The molecule has 1 heteroatoms. The first-order chi connectivity index (χ1) is 21.2. The van der Waals surface area contributed by atoms with Crippen LogP contribution in [-0.2, 0) is 0 Å². The molecular weight excluding hydrogens is 584 g/mol. The number of hydrogen-bond acceptors (Lipinski definition) is 0. The van der Waals surface area contributed by atoms with E-state index in [-0.39, 0.29) is 0 Å². The summed E-state index contributed by atoms with van der Waals surface area (Å²) in [6, 6.07) is 63.1. The van der Waals surface area contributed by atoms with Gasteiger partial charge in [-0.05, 0) is 121 Å². The molecule has 0 N–H and O–H groups in total. The van der Waals surface area contributed by atoms with Crippen LogP contribution in [0, 0.1) is 0 Å². The zero-order valence-electron chi connectivity index (χ0n) is 23.6. The van der Waals surface area contributed by atoms with Crippen molar-refractivity contribution in [3.63, 3.8) is 0 Å². The Bertz CT molecular complexity index is 1730. The van der Waals surface area contributed by atoms with Crippen molar-refractivity contribution in [2.45, 2.75) is 0 Å². The van der Waals surface area contributed by atoms with Gasteiger partial charge < -0.3 is 0 Å². The van der Waals surface area contributed by atoms with Gasteiger partial charge in [0.2, 0.25) is 0 Å².